The van der Waals surface area contributed by atoms with E-state index in [9.17, 15) is 18.0 Å². The van der Waals surface area contributed by atoms with Crippen molar-refractivity contribution in [1.82, 2.24) is 0 Å². The number of alkyl halides is 3. The minimum absolute atomic E-state index is 0.0244. The van der Waals surface area contributed by atoms with Gasteiger partial charge in [0, 0.05) is 17.7 Å². The molecule has 3 rings (SSSR count). The monoisotopic (exact) mass is 321 g/mol. The average molecular weight is 322 g/mol. The van der Waals surface area contributed by atoms with Crippen LogP contribution in [0.1, 0.15) is 18.4 Å². The molecular formula is C13H11ClF3NO3. The first kappa shape index (κ1) is 14.5. The zero-order valence-electron chi connectivity index (χ0n) is 10.9. The number of cyclic esters (lactones) is 1. The van der Waals surface area contributed by atoms with Gasteiger partial charge in [-0.15, -0.1) is 0 Å². The summed E-state index contributed by atoms with van der Waals surface area (Å²) in [5.74, 6) is 0. The molecule has 1 heterocycles. The van der Waals surface area contributed by atoms with Gasteiger partial charge in [0.25, 0.3) is 5.60 Å². The van der Waals surface area contributed by atoms with E-state index in [0.717, 1.165) is 6.07 Å². The number of hydrogen-bond donors (Lipinski definition) is 1. The maximum Gasteiger partial charge on any atom is 0.435 e. The molecule has 8 heteroatoms. The molecule has 0 aromatic heterocycles. The highest BCUT2D eigenvalue weighted by molar-refractivity contribution is 6.30. The van der Waals surface area contributed by atoms with Crippen molar-refractivity contribution in [1.29, 1.82) is 0 Å². The highest BCUT2D eigenvalue weighted by atomic mass is 35.5. The molecule has 114 valence electrons. The van der Waals surface area contributed by atoms with Gasteiger partial charge in [-0.3, -0.25) is 5.32 Å². The number of fused-ring (bicyclic) bond motifs is 1. The van der Waals surface area contributed by atoms with Gasteiger partial charge in [0.1, 0.15) is 5.60 Å². The SMILES string of the molecule is COC1([C@]2(C(F)(F)F)OC(=O)Nc3ccc(Cl)cc32)CC1. The number of hydrogen-bond acceptors (Lipinski definition) is 3. The van der Waals surface area contributed by atoms with Crippen molar-refractivity contribution >= 4 is 23.4 Å². The van der Waals surface area contributed by atoms with Crippen molar-refractivity contribution in [2.45, 2.75) is 30.2 Å². The van der Waals surface area contributed by atoms with Crippen molar-refractivity contribution in [3.05, 3.63) is 28.8 Å². The summed E-state index contributed by atoms with van der Waals surface area (Å²) in [6, 6.07) is 3.88. The number of carbonyl (C=O) groups is 1. The molecule has 1 fully saturated rings. The van der Waals surface area contributed by atoms with E-state index in [1.165, 1.54) is 19.2 Å². The van der Waals surface area contributed by atoms with Crippen molar-refractivity contribution < 1.29 is 27.4 Å². The van der Waals surface area contributed by atoms with E-state index in [-0.39, 0.29) is 29.1 Å². The van der Waals surface area contributed by atoms with Crippen molar-refractivity contribution in [2.75, 3.05) is 12.4 Å². The van der Waals surface area contributed by atoms with Crippen LogP contribution in [0.4, 0.5) is 23.7 Å². The number of ether oxygens (including phenoxy) is 2. The lowest BCUT2D eigenvalue weighted by Gasteiger charge is -2.44. The summed E-state index contributed by atoms with van der Waals surface area (Å²) in [4.78, 5) is 11.6. The Morgan fingerprint density at radius 1 is 1.38 bits per heavy atom. The van der Waals surface area contributed by atoms with Gasteiger partial charge in [-0.25, -0.2) is 4.79 Å². The molecule has 0 bridgehead atoms. The number of methoxy groups -OCH3 is 1. The molecule has 1 saturated carbocycles. The van der Waals surface area contributed by atoms with Gasteiger partial charge in [-0.2, -0.15) is 13.2 Å². The van der Waals surface area contributed by atoms with Crippen LogP contribution in [-0.2, 0) is 15.1 Å². The standard InChI is InChI=1S/C13H11ClF3NO3/c1-20-11(4-5-11)12(13(15,16)17)8-6-7(14)2-3-9(8)18-10(19)21-12/h2-3,6H,4-5H2,1H3,(H,18,19)/t12-/m1/s1. The fourth-order valence-electron chi connectivity index (χ4n) is 2.87. The lowest BCUT2D eigenvalue weighted by Crippen LogP contribution is -2.59. The van der Waals surface area contributed by atoms with Crippen LogP contribution in [0.3, 0.4) is 0 Å². The fraction of sp³-hybridized carbons (Fsp3) is 0.462. The number of anilines is 1. The second-order valence-electron chi connectivity index (χ2n) is 5.08. The molecule has 1 aliphatic carbocycles. The Morgan fingerprint density at radius 2 is 2.05 bits per heavy atom. The van der Waals surface area contributed by atoms with Crippen molar-refractivity contribution in [2.24, 2.45) is 0 Å². The van der Waals surface area contributed by atoms with Crippen LogP contribution in [0.2, 0.25) is 5.02 Å². The predicted octanol–water partition coefficient (Wildman–Crippen LogP) is 3.84. The number of amides is 1. The molecule has 0 radical (unpaired) electrons. The van der Waals surface area contributed by atoms with E-state index in [1.807, 2.05) is 0 Å². The Labute approximate surface area is 123 Å². The van der Waals surface area contributed by atoms with Crippen LogP contribution in [0.5, 0.6) is 0 Å². The van der Waals surface area contributed by atoms with Gasteiger partial charge >= 0.3 is 12.3 Å². The molecular weight excluding hydrogens is 311 g/mol. The normalized spacial score (nSPS) is 26.6. The third kappa shape index (κ3) is 1.83. The highest BCUT2D eigenvalue weighted by Gasteiger charge is 2.77. The minimum Gasteiger partial charge on any atom is -0.425 e. The third-order valence-electron chi connectivity index (χ3n) is 3.98. The van der Waals surface area contributed by atoms with Crippen LogP contribution < -0.4 is 5.32 Å². The second kappa shape index (κ2) is 4.27. The Hall–Kier alpha value is -1.47. The predicted molar refractivity (Wildman–Crippen MR) is 68.3 cm³/mol. The summed E-state index contributed by atoms with van der Waals surface area (Å²) in [7, 11) is 1.18. The average Bonchev–Trinajstić information content (AvgIpc) is 3.18. The Bertz CT molecular complexity index is 615. The minimum atomic E-state index is -4.84. The van der Waals surface area contributed by atoms with Crippen LogP contribution in [0, 0.1) is 0 Å². The molecule has 1 aliphatic heterocycles. The zero-order valence-corrected chi connectivity index (χ0v) is 11.6. The Kier molecular flexibility index (Phi) is 2.94. The maximum atomic E-state index is 13.9. The quantitative estimate of drug-likeness (QED) is 0.900. The zero-order chi connectivity index (χ0) is 15.5. The number of halogens is 4. The molecule has 1 atom stereocenters. The van der Waals surface area contributed by atoms with Gasteiger partial charge in [0.05, 0.1) is 5.69 Å². The lowest BCUT2D eigenvalue weighted by atomic mass is 9.82. The molecule has 21 heavy (non-hydrogen) atoms. The van der Waals surface area contributed by atoms with Gasteiger partial charge in [-0.1, -0.05) is 11.6 Å². The van der Waals surface area contributed by atoms with Crippen molar-refractivity contribution in [3.8, 4) is 0 Å². The van der Waals surface area contributed by atoms with Crippen LogP contribution in [0.15, 0.2) is 18.2 Å². The van der Waals surface area contributed by atoms with E-state index in [1.54, 1.807) is 0 Å². The number of carbonyl (C=O) groups excluding carboxylic acids is 1. The van der Waals surface area contributed by atoms with Crippen LogP contribution >= 0.6 is 11.6 Å². The van der Waals surface area contributed by atoms with E-state index < -0.39 is 23.5 Å². The molecule has 2 aliphatic rings. The first-order valence-electron chi connectivity index (χ1n) is 6.18. The number of rotatable bonds is 2. The number of nitrogens with one attached hydrogen (secondary N) is 1. The molecule has 0 unspecified atom stereocenters. The van der Waals surface area contributed by atoms with Crippen LogP contribution in [-0.4, -0.2) is 25.0 Å². The van der Waals surface area contributed by atoms with Crippen LogP contribution in [0.25, 0.3) is 0 Å². The number of benzene rings is 1. The van der Waals surface area contributed by atoms with E-state index >= 15 is 0 Å². The maximum absolute atomic E-state index is 13.9. The molecule has 1 aromatic carbocycles. The van der Waals surface area contributed by atoms with E-state index in [0.29, 0.717) is 0 Å². The summed E-state index contributed by atoms with van der Waals surface area (Å²) >= 11 is 5.83. The molecule has 1 N–H and O–H groups in total. The van der Waals surface area contributed by atoms with Gasteiger partial charge in [-0.05, 0) is 31.0 Å². The molecule has 1 aromatic rings. The molecule has 1 amide bonds. The highest BCUT2D eigenvalue weighted by Crippen LogP contribution is 2.63. The topological polar surface area (TPSA) is 47.6 Å². The summed E-state index contributed by atoms with van der Waals surface area (Å²) < 4.78 is 51.5. The van der Waals surface area contributed by atoms with E-state index in [2.05, 4.69) is 5.32 Å². The summed E-state index contributed by atoms with van der Waals surface area (Å²) in [5, 5.41) is 2.38. The van der Waals surface area contributed by atoms with Gasteiger partial charge in [0.15, 0.2) is 0 Å². The van der Waals surface area contributed by atoms with Gasteiger partial charge in [0.2, 0.25) is 0 Å². The molecule has 0 saturated heterocycles. The smallest absolute Gasteiger partial charge is 0.425 e. The van der Waals surface area contributed by atoms with Gasteiger partial charge < -0.3 is 9.47 Å². The molecule has 0 spiro atoms. The summed E-state index contributed by atoms with van der Waals surface area (Å²) in [5.41, 5.74) is -4.67. The third-order valence-corrected chi connectivity index (χ3v) is 4.21. The Morgan fingerprint density at radius 3 is 2.57 bits per heavy atom. The first-order valence-corrected chi connectivity index (χ1v) is 6.55. The summed E-state index contributed by atoms with van der Waals surface area (Å²) in [6.07, 6.45) is -5.72. The molecule has 4 nitrogen and oxygen atoms in total. The summed E-state index contributed by atoms with van der Waals surface area (Å²) in [6.45, 7) is 0. The second-order valence-corrected chi connectivity index (χ2v) is 5.52. The first-order chi connectivity index (χ1) is 9.76. The van der Waals surface area contributed by atoms with E-state index in [4.69, 9.17) is 21.1 Å². The largest absolute Gasteiger partial charge is 0.435 e. The lowest BCUT2D eigenvalue weighted by molar-refractivity contribution is -0.306. The fourth-order valence-corrected chi connectivity index (χ4v) is 3.04. The Balaban J connectivity index is 2.31. The van der Waals surface area contributed by atoms with Crippen molar-refractivity contribution in [3.63, 3.8) is 0 Å².